The second-order valence-corrected chi connectivity index (χ2v) is 4.59. The van der Waals surface area contributed by atoms with Gasteiger partial charge in [0.1, 0.15) is 0 Å². The van der Waals surface area contributed by atoms with Gasteiger partial charge in [0.25, 0.3) is 0 Å². The zero-order chi connectivity index (χ0) is 13.1. The number of fused-ring (bicyclic) bond motifs is 1. The van der Waals surface area contributed by atoms with Gasteiger partial charge < -0.3 is 5.73 Å². The van der Waals surface area contributed by atoms with Gasteiger partial charge in [-0.3, -0.25) is 9.97 Å². The van der Waals surface area contributed by atoms with Crippen LogP contribution in [0.15, 0.2) is 61.1 Å². The first-order valence-corrected chi connectivity index (χ1v) is 6.33. The van der Waals surface area contributed by atoms with Gasteiger partial charge >= 0.3 is 0 Å². The van der Waals surface area contributed by atoms with E-state index in [1.165, 1.54) is 0 Å². The molecular formula is C16H15N3. The van der Waals surface area contributed by atoms with Crippen LogP contribution in [0.4, 0.5) is 0 Å². The maximum Gasteiger partial charge on any atom is 0.0705 e. The van der Waals surface area contributed by atoms with Crippen molar-refractivity contribution >= 4 is 10.9 Å². The number of aromatic nitrogens is 2. The molecule has 2 N–H and O–H groups in total. The van der Waals surface area contributed by atoms with E-state index in [0.29, 0.717) is 0 Å². The van der Waals surface area contributed by atoms with E-state index in [9.17, 15) is 0 Å². The van der Waals surface area contributed by atoms with E-state index >= 15 is 0 Å². The van der Waals surface area contributed by atoms with Crippen LogP contribution in [0.2, 0.25) is 0 Å². The van der Waals surface area contributed by atoms with Crippen LogP contribution in [-0.4, -0.2) is 9.97 Å². The molecule has 0 saturated carbocycles. The minimum Gasteiger partial charge on any atom is -0.324 e. The molecule has 0 amide bonds. The first-order chi connectivity index (χ1) is 9.34. The van der Waals surface area contributed by atoms with E-state index in [-0.39, 0.29) is 6.04 Å². The first-order valence-electron chi connectivity index (χ1n) is 6.33. The highest BCUT2D eigenvalue weighted by atomic mass is 14.7. The molecule has 0 fully saturated rings. The van der Waals surface area contributed by atoms with E-state index in [4.69, 9.17) is 5.73 Å². The molecule has 1 aromatic carbocycles. The number of nitrogens with two attached hydrogens (primary N) is 1. The van der Waals surface area contributed by atoms with Gasteiger partial charge in [0.2, 0.25) is 0 Å². The quantitative estimate of drug-likeness (QED) is 0.776. The van der Waals surface area contributed by atoms with Crippen molar-refractivity contribution in [1.29, 1.82) is 0 Å². The fourth-order valence-electron chi connectivity index (χ4n) is 2.33. The third-order valence-corrected chi connectivity index (χ3v) is 3.26. The summed E-state index contributed by atoms with van der Waals surface area (Å²) in [6, 6.07) is 14.1. The van der Waals surface area contributed by atoms with Gasteiger partial charge in [0.05, 0.1) is 5.52 Å². The standard InChI is InChI=1S/C16H15N3/c17-15(10-12-4-2-8-18-11-12)13-5-1-7-16-14(13)6-3-9-19-16/h1-9,11,15H,10,17H2. The third kappa shape index (κ3) is 2.46. The van der Waals surface area contributed by atoms with Crippen LogP contribution in [0, 0.1) is 0 Å². The molecule has 0 saturated heterocycles. The molecule has 1 atom stereocenters. The zero-order valence-corrected chi connectivity index (χ0v) is 10.5. The SMILES string of the molecule is NC(Cc1cccnc1)c1cccc2ncccc12. The number of nitrogens with zero attached hydrogens (tertiary/aromatic N) is 2. The Hall–Kier alpha value is -2.26. The summed E-state index contributed by atoms with van der Waals surface area (Å²) < 4.78 is 0. The molecule has 0 aliphatic carbocycles. The van der Waals surface area contributed by atoms with Crippen LogP contribution in [0.3, 0.4) is 0 Å². The van der Waals surface area contributed by atoms with Crippen molar-refractivity contribution in [2.75, 3.05) is 0 Å². The minimum atomic E-state index is -0.0444. The smallest absolute Gasteiger partial charge is 0.0705 e. The normalized spacial score (nSPS) is 12.5. The number of benzene rings is 1. The number of hydrogen-bond donors (Lipinski definition) is 1. The summed E-state index contributed by atoms with van der Waals surface area (Å²) in [5.74, 6) is 0. The summed E-state index contributed by atoms with van der Waals surface area (Å²) in [4.78, 5) is 8.49. The second kappa shape index (κ2) is 5.16. The lowest BCUT2D eigenvalue weighted by Crippen LogP contribution is -2.14. The molecule has 2 aromatic heterocycles. The topological polar surface area (TPSA) is 51.8 Å². The number of hydrogen-bond acceptors (Lipinski definition) is 3. The van der Waals surface area contributed by atoms with Crippen molar-refractivity contribution in [3.63, 3.8) is 0 Å². The van der Waals surface area contributed by atoms with Crippen molar-refractivity contribution in [2.24, 2.45) is 5.73 Å². The molecule has 3 nitrogen and oxygen atoms in total. The fraction of sp³-hybridized carbons (Fsp3) is 0.125. The van der Waals surface area contributed by atoms with Gasteiger partial charge in [-0.25, -0.2) is 0 Å². The van der Waals surface area contributed by atoms with Gasteiger partial charge in [-0.15, -0.1) is 0 Å². The molecule has 0 spiro atoms. The average molecular weight is 249 g/mol. The van der Waals surface area contributed by atoms with Crippen molar-refractivity contribution in [2.45, 2.75) is 12.5 Å². The Bertz CT molecular complexity index is 674. The lowest BCUT2D eigenvalue weighted by molar-refractivity contribution is 0.725. The van der Waals surface area contributed by atoms with Crippen molar-refractivity contribution < 1.29 is 0 Å². The monoisotopic (exact) mass is 249 g/mol. The highest BCUT2D eigenvalue weighted by molar-refractivity contribution is 5.82. The zero-order valence-electron chi connectivity index (χ0n) is 10.5. The highest BCUT2D eigenvalue weighted by Crippen LogP contribution is 2.23. The van der Waals surface area contributed by atoms with Gasteiger partial charge in [-0.05, 0) is 35.7 Å². The molecule has 0 aliphatic heterocycles. The summed E-state index contributed by atoms with van der Waals surface area (Å²) in [7, 11) is 0. The van der Waals surface area contributed by atoms with Crippen molar-refractivity contribution in [1.82, 2.24) is 9.97 Å². The Morgan fingerprint density at radius 3 is 2.74 bits per heavy atom. The van der Waals surface area contributed by atoms with E-state index in [1.807, 2.05) is 30.5 Å². The maximum absolute atomic E-state index is 6.34. The lowest BCUT2D eigenvalue weighted by atomic mass is 9.97. The summed E-state index contributed by atoms with van der Waals surface area (Å²) >= 11 is 0. The molecule has 0 radical (unpaired) electrons. The predicted molar refractivity (Wildman–Crippen MR) is 76.6 cm³/mol. The first kappa shape index (κ1) is 11.8. The summed E-state index contributed by atoms with van der Waals surface area (Å²) in [5, 5.41) is 1.13. The third-order valence-electron chi connectivity index (χ3n) is 3.26. The lowest BCUT2D eigenvalue weighted by Gasteiger charge is -2.14. The highest BCUT2D eigenvalue weighted by Gasteiger charge is 2.10. The largest absolute Gasteiger partial charge is 0.324 e. The number of pyridine rings is 2. The molecule has 19 heavy (non-hydrogen) atoms. The second-order valence-electron chi connectivity index (χ2n) is 4.59. The van der Waals surface area contributed by atoms with Gasteiger partial charge in [-0.2, -0.15) is 0 Å². The molecular weight excluding hydrogens is 234 g/mol. The maximum atomic E-state index is 6.34. The van der Waals surface area contributed by atoms with E-state index in [0.717, 1.165) is 28.5 Å². The van der Waals surface area contributed by atoms with Gasteiger partial charge in [0.15, 0.2) is 0 Å². The van der Waals surface area contributed by atoms with Gasteiger partial charge in [0, 0.05) is 30.0 Å². The summed E-state index contributed by atoms with van der Waals surface area (Å²) in [6.07, 6.45) is 6.22. The summed E-state index contributed by atoms with van der Waals surface area (Å²) in [5.41, 5.74) is 9.61. The molecule has 1 unspecified atom stereocenters. The van der Waals surface area contributed by atoms with Crippen LogP contribution >= 0.6 is 0 Å². The van der Waals surface area contributed by atoms with E-state index in [1.54, 1.807) is 12.4 Å². The van der Waals surface area contributed by atoms with Crippen LogP contribution in [0.25, 0.3) is 10.9 Å². The molecule has 3 aromatic rings. The Morgan fingerprint density at radius 1 is 1.00 bits per heavy atom. The molecule has 0 bridgehead atoms. The van der Waals surface area contributed by atoms with Crippen LogP contribution < -0.4 is 5.73 Å². The Kier molecular flexibility index (Phi) is 3.21. The molecule has 3 rings (SSSR count). The Balaban J connectivity index is 1.96. The van der Waals surface area contributed by atoms with Crippen molar-refractivity contribution in [3.8, 4) is 0 Å². The minimum absolute atomic E-state index is 0.0444. The molecule has 0 aliphatic rings. The Morgan fingerprint density at radius 2 is 1.89 bits per heavy atom. The average Bonchev–Trinajstić information content (AvgIpc) is 2.47. The number of rotatable bonds is 3. The van der Waals surface area contributed by atoms with Crippen LogP contribution in [0.1, 0.15) is 17.2 Å². The summed E-state index contributed by atoms with van der Waals surface area (Å²) in [6.45, 7) is 0. The Labute approximate surface area is 112 Å². The van der Waals surface area contributed by atoms with E-state index < -0.39 is 0 Å². The van der Waals surface area contributed by atoms with Gasteiger partial charge in [-0.1, -0.05) is 24.3 Å². The van der Waals surface area contributed by atoms with Crippen LogP contribution in [-0.2, 0) is 6.42 Å². The van der Waals surface area contributed by atoms with Crippen molar-refractivity contribution in [3.05, 3.63) is 72.2 Å². The van der Waals surface area contributed by atoms with E-state index in [2.05, 4.69) is 28.2 Å². The molecule has 2 heterocycles. The molecule has 94 valence electrons. The fourth-order valence-corrected chi connectivity index (χ4v) is 2.33. The van der Waals surface area contributed by atoms with Crippen LogP contribution in [0.5, 0.6) is 0 Å². The predicted octanol–water partition coefficient (Wildman–Crippen LogP) is 2.87. The molecule has 3 heteroatoms.